The summed E-state index contributed by atoms with van der Waals surface area (Å²) in [6, 6.07) is 0. The van der Waals surface area contributed by atoms with Crippen LogP contribution in [0, 0.1) is 17.8 Å². The quantitative estimate of drug-likeness (QED) is 0.0491. The van der Waals surface area contributed by atoms with Crippen molar-refractivity contribution in [2.24, 2.45) is 17.8 Å². The topological polar surface area (TPSA) is 89.9 Å². The fraction of sp³-hybridized carbons (Fsp3) is 0.939. The maximum Gasteiger partial charge on any atom is 0.309 e. The van der Waals surface area contributed by atoms with E-state index in [4.69, 9.17) is 9.47 Å². The van der Waals surface area contributed by atoms with Crippen LogP contribution in [-0.2, 0) is 23.9 Å². The van der Waals surface area contributed by atoms with Gasteiger partial charge in [-0.1, -0.05) is 232 Å². The molecular formula is C49H92O6. The van der Waals surface area contributed by atoms with Gasteiger partial charge in [0.2, 0.25) is 0 Å². The van der Waals surface area contributed by atoms with Crippen molar-refractivity contribution in [1.29, 1.82) is 0 Å². The summed E-state index contributed by atoms with van der Waals surface area (Å²) in [5.41, 5.74) is 0. The van der Waals surface area contributed by atoms with Crippen molar-refractivity contribution in [3.8, 4) is 0 Å². The molecule has 0 heterocycles. The van der Waals surface area contributed by atoms with Gasteiger partial charge in [-0.15, -0.1) is 0 Å². The smallest absolute Gasteiger partial charge is 0.309 e. The van der Waals surface area contributed by atoms with Gasteiger partial charge in [0, 0.05) is 0 Å². The van der Waals surface area contributed by atoms with Gasteiger partial charge >= 0.3 is 17.9 Å². The van der Waals surface area contributed by atoms with E-state index >= 15 is 0 Å². The average molecular weight is 777 g/mol. The van der Waals surface area contributed by atoms with Crippen molar-refractivity contribution >= 4 is 17.9 Å². The molecule has 3 atom stereocenters. The minimum atomic E-state index is -0.896. The molecule has 1 rings (SSSR count). The van der Waals surface area contributed by atoms with E-state index in [9.17, 15) is 19.5 Å². The third-order valence-electron chi connectivity index (χ3n) is 12.3. The lowest BCUT2D eigenvalue weighted by molar-refractivity contribution is -0.166. The molecular weight excluding hydrogens is 685 g/mol. The third kappa shape index (κ3) is 31.1. The predicted octanol–water partition coefficient (Wildman–Crippen LogP) is 15.3. The Hall–Kier alpha value is -1.59. The highest BCUT2D eigenvalue weighted by Crippen LogP contribution is 2.36. The number of carboxylic acids is 1. The Morgan fingerprint density at radius 3 is 0.909 bits per heavy atom. The zero-order valence-electron chi connectivity index (χ0n) is 36.7. The molecule has 0 radical (unpaired) electrons. The second kappa shape index (κ2) is 39.2. The maximum atomic E-state index is 13.1. The minimum Gasteiger partial charge on any atom is -0.481 e. The summed E-state index contributed by atoms with van der Waals surface area (Å²) >= 11 is 0. The summed E-state index contributed by atoms with van der Waals surface area (Å²) in [5, 5.41) is 9.62. The molecule has 1 aliphatic rings. The van der Waals surface area contributed by atoms with Crippen LogP contribution in [-0.4, -0.2) is 36.2 Å². The van der Waals surface area contributed by atoms with Gasteiger partial charge in [-0.2, -0.15) is 0 Å². The Bertz CT molecular complexity index is 873. The Labute approximate surface area is 341 Å². The van der Waals surface area contributed by atoms with E-state index in [0.29, 0.717) is 26.1 Å². The first-order valence-corrected chi connectivity index (χ1v) is 24.6. The van der Waals surface area contributed by atoms with Gasteiger partial charge in [0.05, 0.1) is 31.0 Å². The molecule has 0 bridgehead atoms. The van der Waals surface area contributed by atoms with Crippen molar-refractivity contribution in [3.63, 3.8) is 0 Å². The van der Waals surface area contributed by atoms with Gasteiger partial charge in [-0.25, -0.2) is 0 Å². The van der Waals surface area contributed by atoms with Crippen molar-refractivity contribution in [2.45, 2.75) is 264 Å². The zero-order chi connectivity index (χ0) is 39.9. The fourth-order valence-electron chi connectivity index (χ4n) is 8.50. The van der Waals surface area contributed by atoms with E-state index in [2.05, 4.69) is 13.8 Å². The Morgan fingerprint density at radius 2 is 0.636 bits per heavy atom. The number of hydrogen-bond donors (Lipinski definition) is 1. The molecule has 1 saturated carbocycles. The highest BCUT2D eigenvalue weighted by molar-refractivity contribution is 5.83. The number of carboxylic acid groups (broad SMARTS) is 1. The first kappa shape index (κ1) is 51.4. The highest BCUT2D eigenvalue weighted by Gasteiger charge is 2.43. The minimum absolute atomic E-state index is 0.159. The molecule has 0 aromatic heterocycles. The van der Waals surface area contributed by atoms with E-state index in [1.54, 1.807) is 0 Å². The number of hydrogen-bond acceptors (Lipinski definition) is 5. The van der Waals surface area contributed by atoms with Gasteiger partial charge in [0.1, 0.15) is 0 Å². The second-order valence-electron chi connectivity index (χ2n) is 17.4. The molecule has 0 spiro atoms. The van der Waals surface area contributed by atoms with Gasteiger partial charge in [-0.3, -0.25) is 14.4 Å². The van der Waals surface area contributed by atoms with E-state index in [1.807, 2.05) is 0 Å². The summed E-state index contributed by atoms with van der Waals surface area (Å²) in [6.07, 6.45) is 48.1. The zero-order valence-corrected chi connectivity index (χ0v) is 36.7. The molecule has 0 saturated heterocycles. The van der Waals surface area contributed by atoms with Crippen LogP contribution < -0.4 is 0 Å². The van der Waals surface area contributed by atoms with Crippen molar-refractivity contribution in [2.75, 3.05) is 13.2 Å². The van der Waals surface area contributed by atoms with Crippen LogP contribution in [0.4, 0.5) is 0 Å². The first-order chi connectivity index (χ1) is 27.0. The number of esters is 2. The van der Waals surface area contributed by atoms with Crippen LogP contribution in [0.3, 0.4) is 0 Å². The van der Waals surface area contributed by atoms with Crippen LogP contribution in [0.15, 0.2) is 0 Å². The van der Waals surface area contributed by atoms with Gasteiger partial charge in [0.15, 0.2) is 0 Å². The van der Waals surface area contributed by atoms with Crippen molar-refractivity contribution < 1.29 is 29.0 Å². The molecule has 6 nitrogen and oxygen atoms in total. The predicted molar refractivity (Wildman–Crippen MR) is 231 cm³/mol. The lowest BCUT2D eigenvalue weighted by atomic mass is 9.74. The number of carbonyl (C=O) groups excluding carboxylic acids is 2. The lowest BCUT2D eigenvalue weighted by Crippen LogP contribution is -2.39. The van der Waals surface area contributed by atoms with E-state index in [1.165, 1.54) is 193 Å². The Balaban J connectivity index is 2.06. The molecule has 0 aromatic carbocycles. The first-order valence-electron chi connectivity index (χ1n) is 24.6. The maximum absolute atomic E-state index is 13.1. The number of ether oxygens (including phenoxy) is 2. The summed E-state index contributed by atoms with van der Waals surface area (Å²) in [7, 11) is 0. The van der Waals surface area contributed by atoms with Crippen molar-refractivity contribution in [1.82, 2.24) is 0 Å². The molecule has 324 valence electrons. The summed E-state index contributed by atoms with van der Waals surface area (Å²) in [6.45, 7) is 5.27. The molecule has 0 aliphatic heterocycles. The SMILES string of the molecule is CCCCCCCCCCCCCCCCCCCCOC(=O)C1CCC(C(=O)O)CC1C(=O)OCCCCCCCCCCCCCCCCCCCC. The normalized spacial score (nSPS) is 17.0. The number of unbranched alkanes of at least 4 members (excludes halogenated alkanes) is 34. The molecule has 0 aromatic rings. The molecule has 55 heavy (non-hydrogen) atoms. The Morgan fingerprint density at radius 1 is 0.382 bits per heavy atom. The summed E-state index contributed by atoms with van der Waals surface area (Å²) < 4.78 is 11.3. The largest absolute Gasteiger partial charge is 0.481 e. The molecule has 1 fully saturated rings. The van der Waals surface area contributed by atoms with Crippen LogP contribution in [0.25, 0.3) is 0 Å². The molecule has 0 amide bonds. The van der Waals surface area contributed by atoms with Gasteiger partial charge in [0.25, 0.3) is 0 Å². The number of carbonyl (C=O) groups is 3. The summed E-state index contributed by atoms with van der Waals surface area (Å²) in [5.74, 6) is -3.61. The van der Waals surface area contributed by atoms with E-state index < -0.39 is 29.7 Å². The van der Waals surface area contributed by atoms with Crippen LogP contribution in [0.1, 0.15) is 264 Å². The van der Waals surface area contributed by atoms with E-state index in [-0.39, 0.29) is 12.4 Å². The van der Waals surface area contributed by atoms with Crippen LogP contribution in [0.2, 0.25) is 0 Å². The molecule has 3 unspecified atom stereocenters. The summed E-state index contributed by atoms with van der Waals surface area (Å²) in [4.78, 5) is 37.9. The molecule has 1 N–H and O–H groups in total. The lowest BCUT2D eigenvalue weighted by Gasteiger charge is -2.31. The average Bonchev–Trinajstić information content (AvgIpc) is 3.19. The fourth-order valence-corrected chi connectivity index (χ4v) is 8.50. The molecule has 1 aliphatic carbocycles. The second-order valence-corrected chi connectivity index (χ2v) is 17.4. The third-order valence-corrected chi connectivity index (χ3v) is 12.3. The number of aliphatic carboxylic acids is 1. The Kier molecular flexibility index (Phi) is 36.7. The standard InChI is InChI=1S/C49H92O6/c1-3-5-7-9-11-13-15-17-19-21-23-25-27-29-31-33-35-37-41-54-48(52)45-40-39-44(47(50)51)43-46(45)49(53)55-42-38-36-34-32-30-28-26-24-22-20-18-16-14-12-10-8-6-4-2/h44-46H,3-43H2,1-2H3,(H,50,51). The van der Waals surface area contributed by atoms with E-state index in [0.717, 1.165) is 38.5 Å². The van der Waals surface area contributed by atoms with Gasteiger partial charge in [-0.05, 0) is 32.1 Å². The van der Waals surface area contributed by atoms with Crippen LogP contribution in [0.5, 0.6) is 0 Å². The van der Waals surface area contributed by atoms with Crippen LogP contribution >= 0.6 is 0 Å². The molecule has 6 heteroatoms. The highest BCUT2D eigenvalue weighted by atomic mass is 16.5. The van der Waals surface area contributed by atoms with Gasteiger partial charge < -0.3 is 14.6 Å². The van der Waals surface area contributed by atoms with Crippen molar-refractivity contribution in [3.05, 3.63) is 0 Å². The monoisotopic (exact) mass is 777 g/mol. The number of rotatable bonds is 41.